The van der Waals surface area contributed by atoms with Gasteiger partial charge in [0.2, 0.25) is 0 Å². The van der Waals surface area contributed by atoms with Gasteiger partial charge in [0.05, 0.1) is 29.9 Å². The van der Waals surface area contributed by atoms with Crippen molar-refractivity contribution in [3.8, 4) is 5.75 Å². The molecule has 0 aliphatic rings. The largest absolute Gasteiger partial charge is 0.494 e. The Balaban J connectivity index is 1.86. The molecule has 2 aromatic carbocycles. The number of aromatic nitrogens is 1. The van der Waals surface area contributed by atoms with Crippen molar-refractivity contribution in [2.24, 2.45) is 4.99 Å². The molecule has 3 aromatic rings. The highest BCUT2D eigenvalue weighted by Gasteiger charge is 2.09. The highest BCUT2D eigenvalue weighted by molar-refractivity contribution is 9.10. The van der Waals surface area contributed by atoms with E-state index in [1.165, 1.54) is 11.3 Å². The highest BCUT2D eigenvalue weighted by Crippen LogP contribution is 2.22. The van der Waals surface area contributed by atoms with Gasteiger partial charge in [-0.05, 0) is 49.7 Å². The first-order chi connectivity index (χ1) is 13.6. The molecule has 1 amide bonds. The van der Waals surface area contributed by atoms with Gasteiger partial charge < -0.3 is 14.0 Å². The first-order valence-corrected chi connectivity index (χ1v) is 10.9. The summed E-state index contributed by atoms with van der Waals surface area (Å²) in [4.78, 5) is 17.7. The number of benzene rings is 2. The Labute approximate surface area is 176 Å². The maximum absolute atomic E-state index is 12.6. The van der Waals surface area contributed by atoms with E-state index in [2.05, 4.69) is 25.5 Å². The minimum Gasteiger partial charge on any atom is -0.494 e. The van der Waals surface area contributed by atoms with Crippen LogP contribution >= 0.6 is 27.3 Å². The third-order valence-electron chi connectivity index (χ3n) is 4.12. The Morgan fingerprint density at radius 1 is 1.14 bits per heavy atom. The number of nitrogens with zero attached hydrogens (tertiary/aromatic N) is 2. The van der Waals surface area contributed by atoms with E-state index in [1.54, 1.807) is 0 Å². The van der Waals surface area contributed by atoms with Gasteiger partial charge in [-0.3, -0.25) is 4.79 Å². The van der Waals surface area contributed by atoms with Crippen molar-refractivity contribution in [1.29, 1.82) is 0 Å². The second-order valence-electron chi connectivity index (χ2n) is 6.10. The van der Waals surface area contributed by atoms with E-state index in [4.69, 9.17) is 9.47 Å². The lowest BCUT2D eigenvalue weighted by atomic mass is 10.1. The number of thiazole rings is 1. The summed E-state index contributed by atoms with van der Waals surface area (Å²) in [7, 11) is 0. The molecule has 3 rings (SSSR count). The molecule has 1 heterocycles. The number of amides is 1. The molecule has 0 bridgehead atoms. The second kappa shape index (κ2) is 10.0. The monoisotopic (exact) mass is 462 g/mol. The average Bonchev–Trinajstić information content (AvgIpc) is 3.00. The van der Waals surface area contributed by atoms with Crippen molar-refractivity contribution in [2.75, 3.05) is 19.8 Å². The van der Waals surface area contributed by atoms with Crippen molar-refractivity contribution in [2.45, 2.75) is 26.8 Å². The normalized spacial score (nSPS) is 11.9. The van der Waals surface area contributed by atoms with Gasteiger partial charge in [-0.2, -0.15) is 4.99 Å². The molecule has 1 aromatic heterocycles. The summed E-state index contributed by atoms with van der Waals surface area (Å²) in [6.45, 7) is 6.44. The Morgan fingerprint density at radius 2 is 1.93 bits per heavy atom. The first-order valence-electron chi connectivity index (χ1n) is 9.26. The maximum Gasteiger partial charge on any atom is 0.252 e. The zero-order valence-corrected chi connectivity index (χ0v) is 18.4. The molecule has 0 fully saturated rings. The van der Waals surface area contributed by atoms with E-state index in [0.29, 0.717) is 31.2 Å². The van der Waals surface area contributed by atoms with Gasteiger partial charge in [0.1, 0.15) is 5.75 Å². The van der Waals surface area contributed by atoms with E-state index in [9.17, 15) is 4.79 Å². The number of rotatable bonds is 8. The number of hydrogen-bond acceptors (Lipinski definition) is 4. The predicted octanol–water partition coefficient (Wildman–Crippen LogP) is 4.57. The van der Waals surface area contributed by atoms with Crippen LogP contribution in [-0.2, 0) is 22.5 Å². The molecule has 0 unspecified atom stereocenters. The summed E-state index contributed by atoms with van der Waals surface area (Å²) in [5, 5.41) is 0. The molecule has 0 atom stereocenters. The molecule has 0 saturated heterocycles. The van der Waals surface area contributed by atoms with Crippen molar-refractivity contribution >= 4 is 43.4 Å². The average molecular weight is 463 g/mol. The van der Waals surface area contributed by atoms with Crippen molar-refractivity contribution in [1.82, 2.24) is 4.57 Å². The van der Waals surface area contributed by atoms with Gasteiger partial charge in [0.25, 0.3) is 5.91 Å². The lowest BCUT2D eigenvalue weighted by Gasteiger charge is -2.06. The van der Waals surface area contributed by atoms with Crippen molar-refractivity contribution in [3.05, 3.63) is 57.3 Å². The van der Waals surface area contributed by atoms with Gasteiger partial charge in [0.15, 0.2) is 4.80 Å². The molecule has 0 aliphatic carbocycles. The van der Waals surface area contributed by atoms with Crippen molar-refractivity contribution in [3.63, 3.8) is 0 Å². The molecule has 0 N–H and O–H groups in total. The Kier molecular flexibility index (Phi) is 7.42. The Morgan fingerprint density at radius 3 is 2.64 bits per heavy atom. The highest BCUT2D eigenvalue weighted by atomic mass is 79.9. The van der Waals surface area contributed by atoms with Gasteiger partial charge in [-0.25, -0.2) is 0 Å². The molecular weight excluding hydrogens is 440 g/mol. The molecule has 0 radical (unpaired) electrons. The number of hydrogen-bond donors (Lipinski definition) is 0. The number of ether oxygens (including phenoxy) is 2. The van der Waals surface area contributed by atoms with Gasteiger partial charge >= 0.3 is 0 Å². The van der Waals surface area contributed by atoms with Crippen LogP contribution in [0.5, 0.6) is 5.75 Å². The van der Waals surface area contributed by atoms with Crippen LogP contribution in [0.1, 0.15) is 19.4 Å². The number of fused-ring (bicyclic) bond motifs is 1. The van der Waals surface area contributed by atoms with Gasteiger partial charge in [-0.15, -0.1) is 0 Å². The van der Waals surface area contributed by atoms with Crippen LogP contribution in [0.15, 0.2) is 51.9 Å². The lowest BCUT2D eigenvalue weighted by molar-refractivity contribution is -0.117. The van der Waals surface area contributed by atoms with Gasteiger partial charge in [0, 0.05) is 17.6 Å². The van der Waals surface area contributed by atoms with Crippen LogP contribution in [0, 0.1) is 0 Å². The number of halogens is 1. The molecule has 0 aliphatic heterocycles. The first kappa shape index (κ1) is 20.8. The molecule has 28 heavy (non-hydrogen) atoms. The minimum absolute atomic E-state index is 0.167. The maximum atomic E-state index is 12.6. The summed E-state index contributed by atoms with van der Waals surface area (Å²) in [5.41, 5.74) is 1.97. The Bertz CT molecular complexity index is 1010. The number of carbonyl (C=O) groups is 1. The molecule has 7 heteroatoms. The zero-order valence-electron chi connectivity index (χ0n) is 16.0. The van der Waals surface area contributed by atoms with Crippen LogP contribution in [0.4, 0.5) is 0 Å². The summed E-state index contributed by atoms with van der Waals surface area (Å²) >= 11 is 5.02. The molecule has 148 valence electrons. The van der Waals surface area contributed by atoms with E-state index in [1.807, 2.05) is 56.3 Å². The third kappa shape index (κ3) is 5.31. The second-order valence-corrected chi connectivity index (χ2v) is 8.03. The summed E-state index contributed by atoms with van der Waals surface area (Å²) in [5.74, 6) is 0.638. The molecule has 0 spiro atoms. The lowest BCUT2D eigenvalue weighted by Crippen LogP contribution is -2.20. The standard InChI is InChI=1S/C21H23BrN2O3S/c1-3-26-12-11-24-18-10-7-16(22)14-19(18)28-21(24)23-20(25)13-15-5-8-17(9-6-15)27-4-2/h5-10,14H,3-4,11-13H2,1-2H3. The van der Waals surface area contributed by atoms with Gasteiger partial charge in [-0.1, -0.05) is 39.4 Å². The van der Waals surface area contributed by atoms with Crippen LogP contribution in [0.3, 0.4) is 0 Å². The third-order valence-corrected chi connectivity index (χ3v) is 5.65. The number of carbonyl (C=O) groups excluding carboxylic acids is 1. The van der Waals surface area contributed by atoms with E-state index >= 15 is 0 Å². The molecular formula is C21H23BrN2O3S. The van der Waals surface area contributed by atoms with E-state index in [-0.39, 0.29) is 12.3 Å². The zero-order chi connectivity index (χ0) is 19.9. The van der Waals surface area contributed by atoms with E-state index in [0.717, 1.165) is 26.0 Å². The van der Waals surface area contributed by atoms with Crippen LogP contribution < -0.4 is 9.54 Å². The minimum atomic E-state index is -0.167. The SMILES string of the molecule is CCOCCn1c(=NC(=O)Cc2ccc(OCC)cc2)sc2cc(Br)ccc21. The predicted molar refractivity (Wildman–Crippen MR) is 116 cm³/mol. The molecule has 5 nitrogen and oxygen atoms in total. The Hall–Kier alpha value is -1.96. The fraction of sp³-hybridized carbons (Fsp3) is 0.333. The fourth-order valence-corrected chi connectivity index (χ4v) is 4.46. The fourth-order valence-electron chi connectivity index (χ4n) is 2.84. The van der Waals surface area contributed by atoms with Crippen LogP contribution in [0.2, 0.25) is 0 Å². The quantitative estimate of drug-likeness (QED) is 0.460. The topological polar surface area (TPSA) is 52.8 Å². The van der Waals surface area contributed by atoms with Crippen molar-refractivity contribution < 1.29 is 14.3 Å². The molecule has 0 saturated carbocycles. The van der Waals surface area contributed by atoms with E-state index < -0.39 is 0 Å². The summed E-state index contributed by atoms with van der Waals surface area (Å²) in [6, 6.07) is 13.7. The summed E-state index contributed by atoms with van der Waals surface area (Å²) < 4.78 is 15.1. The smallest absolute Gasteiger partial charge is 0.252 e. The van der Waals surface area contributed by atoms with Crippen LogP contribution in [0.25, 0.3) is 10.2 Å². The summed E-state index contributed by atoms with van der Waals surface area (Å²) in [6.07, 6.45) is 0.260. The van der Waals surface area contributed by atoms with Crippen LogP contribution in [-0.4, -0.2) is 30.3 Å².